The maximum atomic E-state index is 3.45. The molecule has 0 spiro atoms. The van der Waals surface area contributed by atoms with Crippen molar-refractivity contribution in [1.29, 1.82) is 0 Å². The van der Waals surface area contributed by atoms with E-state index in [4.69, 9.17) is 0 Å². The van der Waals surface area contributed by atoms with Gasteiger partial charge in [0.15, 0.2) is 0 Å². The monoisotopic (exact) mass is 182 g/mol. The van der Waals surface area contributed by atoms with E-state index in [1.807, 2.05) is 0 Å². The molecule has 2 heterocycles. The van der Waals surface area contributed by atoms with Gasteiger partial charge < -0.3 is 10.2 Å². The van der Waals surface area contributed by atoms with Gasteiger partial charge in [-0.1, -0.05) is 6.92 Å². The number of piperidine rings is 1. The standard InChI is InChI=1S/C11H22N2/c1-2-13-8-5-11(9-13)10-3-6-12-7-4-10/h10-12H,2-9H2,1H3. The lowest BCUT2D eigenvalue weighted by Crippen LogP contribution is -2.32. The zero-order chi connectivity index (χ0) is 9.10. The van der Waals surface area contributed by atoms with Gasteiger partial charge in [0, 0.05) is 6.54 Å². The van der Waals surface area contributed by atoms with Crippen molar-refractivity contribution in [2.45, 2.75) is 26.2 Å². The van der Waals surface area contributed by atoms with Gasteiger partial charge in [0.2, 0.25) is 0 Å². The molecule has 2 nitrogen and oxygen atoms in total. The third-order valence-electron chi connectivity index (χ3n) is 3.81. The summed E-state index contributed by atoms with van der Waals surface area (Å²) in [5.41, 5.74) is 0. The maximum absolute atomic E-state index is 3.45. The van der Waals surface area contributed by atoms with Crippen LogP contribution in [-0.2, 0) is 0 Å². The molecule has 2 rings (SSSR count). The second kappa shape index (κ2) is 4.43. The smallest absolute Gasteiger partial charge is 0.00127 e. The van der Waals surface area contributed by atoms with Crippen molar-refractivity contribution in [2.75, 3.05) is 32.7 Å². The fraction of sp³-hybridized carbons (Fsp3) is 1.00. The van der Waals surface area contributed by atoms with Gasteiger partial charge in [-0.05, 0) is 57.3 Å². The molecule has 1 N–H and O–H groups in total. The molecule has 0 aromatic heterocycles. The Morgan fingerprint density at radius 1 is 1.15 bits per heavy atom. The Bertz CT molecular complexity index is 152. The van der Waals surface area contributed by atoms with E-state index in [0.717, 1.165) is 11.8 Å². The Hall–Kier alpha value is -0.0800. The number of nitrogens with one attached hydrogen (secondary N) is 1. The van der Waals surface area contributed by atoms with Crippen LogP contribution in [0.25, 0.3) is 0 Å². The molecule has 0 saturated carbocycles. The maximum Gasteiger partial charge on any atom is 0.00127 e. The van der Waals surface area contributed by atoms with Crippen molar-refractivity contribution in [3.63, 3.8) is 0 Å². The Kier molecular flexibility index (Phi) is 3.23. The van der Waals surface area contributed by atoms with Gasteiger partial charge in [-0.25, -0.2) is 0 Å². The number of hydrogen-bond donors (Lipinski definition) is 1. The summed E-state index contributed by atoms with van der Waals surface area (Å²) in [7, 11) is 0. The molecule has 76 valence electrons. The summed E-state index contributed by atoms with van der Waals surface area (Å²) in [6.07, 6.45) is 4.29. The summed E-state index contributed by atoms with van der Waals surface area (Å²) in [6, 6.07) is 0. The molecular formula is C11H22N2. The molecule has 0 radical (unpaired) electrons. The SMILES string of the molecule is CCN1CCC(C2CCNCC2)C1. The van der Waals surface area contributed by atoms with Crippen LogP contribution >= 0.6 is 0 Å². The zero-order valence-corrected chi connectivity index (χ0v) is 8.76. The van der Waals surface area contributed by atoms with Gasteiger partial charge in [0.25, 0.3) is 0 Å². The largest absolute Gasteiger partial charge is 0.317 e. The van der Waals surface area contributed by atoms with Crippen molar-refractivity contribution in [3.05, 3.63) is 0 Å². The van der Waals surface area contributed by atoms with Gasteiger partial charge >= 0.3 is 0 Å². The van der Waals surface area contributed by atoms with Gasteiger partial charge in [-0.3, -0.25) is 0 Å². The molecule has 2 fully saturated rings. The van der Waals surface area contributed by atoms with Gasteiger partial charge in [0.05, 0.1) is 0 Å². The lowest BCUT2D eigenvalue weighted by Gasteiger charge is -2.28. The molecule has 1 unspecified atom stereocenters. The fourth-order valence-corrected chi connectivity index (χ4v) is 2.85. The van der Waals surface area contributed by atoms with Crippen molar-refractivity contribution >= 4 is 0 Å². The summed E-state index contributed by atoms with van der Waals surface area (Å²) in [5, 5.41) is 3.45. The summed E-state index contributed by atoms with van der Waals surface area (Å²) < 4.78 is 0. The van der Waals surface area contributed by atoms with E-state index < -0.39 is 0 Å². The average Bonchev–Trinajstić information content (AvgIpc) is 2.67. The quantitative estimate of drug-likeness (QED) is 0.693. The molecule has 0 aromatic rings. The Morgan fingerprint density at radius 2 is 1.92 bits per heavy atom. The molecule has 2 aliphatic heterocycles. The minimum Gasteiger partial charge on any atom is -0.317 e. The molecule has 0 aromatic carbocycles. The fourth-order valence-electron chi connectivity index (χ4n) is 2.85. The van der Waals surface area contributed by atoms with Gasteiger partial charge in [0.1, 0.15) is 0 Å². The topological polar surface area (TPSA) is 15.3 Å². The summed E-state index contributed by atoms with van der Waals surface area (Å²) in [6.45, 7) is 8.78. The highest BCUT2D eigenvalue weighted by Gasteiger charge is 2.29. The normalized spacial score (nSPS) is 32.5. The number of hydrogen-bond acceptors (Lipinski definition) is 2. The van der Waals surface area contributed by atoms with E-state index in [2.05, 4.69) is 17.1 Å². The third kappa shape index (κ3) is 2.23. The number of nitrogens with zero attached hydrogens (tertiary/aromatic N) is 1. The van der Waals surface area contributed by atoms with E-state index in [9.17, 15) is 0 Å². The summed E-state index contributed by atoms with van der Waals surface area (Å²) in [4.78, 5) is 2.60. The molecule has 2 heteroatoms. The Morgan fingerprint density at radius 3 is 2.54 bits per heavy atom. The second-order valence-corrected chi connectivity index (χ2v) is 4.53. The Balaban J connectivity index is 1.80. The van der Waals surface area contributed by atoms with Crippen LogP contribution in [0.5, 0.6) is 0 Å². The number of likely N-dealkylation sites (tertiary alicyclic amines) is 1. The van der Waals surface area contributed by atoms with Crippen molar-refractivity contribution in [1.82, 2.24) is 10.2 Å². The Labute approximate surface area is 81.7 Å². The first-order valence-electron chi connectivity index (χ1n) is 5.83. The molecular weight excluding hydrogens is 160 g/mol. The minimum absolute atomic E-state index is 1.02. The highest BCUT2D eigenvalue weighted by Crippen LogP contribution is 2.29. The van der Waals surface area contributed by atoms with Crippen molar-refractivity contribution in [2.24, 2.45) is 11.8 Å². The molecule has 13 heavy (non-hydrogen) atoms. The molecule has 2 saturated heterocycles. The first kappa shape index (κ1) is 9.47. The summed E-state index contributed by atoms with van der Waals surface area (Å²) in [5.74, 6) is 2.04. The number of rotatable bonds is 2. The minimum atomic E-state index is 1.02. The lowest BCUT2D eigenvalue weighted by atomic mass is 9.84. The second-order valence-electron chi connectivity index (χ2n) is 4.53. The summed E-state index contributed by atoms with van der Waals surface area (Å²) >= 11 is 0. The van der Waals surface area contributed by atoms with E-state index in [0.29, 0.717) is 0 Å². The van der Waals surface area contributed by atoms with Gasteiger partial charge in [-0.2, -0.15) is 0 Å². The molecule has 1 atom stereocenters. The molecule has 0 amide bonds. The van der Waals surface area contributed by atoms with Gasteiger partial charge in [-0.15, -0.1) is 0 Å². The van der Waals surface area contributed by atoms with E-state index in [1.165, 1.54) is 52.0 Å². The third-order valence-corrected chi connectivity index (χ3v) is 3.81. The van der Waals surface area contributed by atoms with E-state index >= 15 is 0 Å². The van der Waals surface area contributed by atoms with Crippen LogP contribution in [-0.4, -0.2) is 37.6 Å². The average molecular weight is 182 g/mol. The van der Waals surface area contributed by atoms with Crippen LogP contribution in [0.3, 0.4) is 0 Å². The van der Waals surface area contributed by atoms with Crippen LogP contribution in [0.15, 0.2) is 0 Å². The highest BCUT2D eigenvalue weighted by atomic mass is 15.1. The zero-order valence-electron chi connectivity index (χ0n) is 8.76. The van der Waals surface area contributed by atoms with E-state index in [-0.39, 0.29) is 0 Å². The van der Waals surface area contributed by atoms with Crippen LogP contribution in [0, 0.1) is 11.8 Å². The first-order chi connectivity index (χ1) is 6.40. The lowest BCUT2D eigenvalue weighted by molar-refractivity contribution is 0.249. The van der Waals surface area contributed by atoms with Crippen LogP contribution < -0.4 is 5.32 Å². The molecule has 0 aliphatic carbocycles. The highest BCUT2D eigenvalue weighted by molar-refractivity contribution is 4.83. The predicted molar refractivity (Wildman–Crippen MR) is 55.8 cm³/mol. The van der Waals surface area contributed by atoms with Crippen LogP contribution in [0.1, 0.15) is 26.2 Å². The van der Waals surface area contributed by atoms with Crippen molar-refractivity contribution < 1.29 is 0 Å². The van der Waals surface area contributed by atoms with Crippen molar-refractivity contribution in [3.8, 4) is 0 Å². The molecule has 0 bridgehead atoms. The van der Waals surface area contributed by atoms with Crippen LogP contribution in [0.2, 0.25) is 0 Å². The first-order valence-corrected chi connectivity index (χ1v) is 5.83. The van der Waals surface area contributed by atoms with Crippen LogP contribution in [0.4, 0.5) is 0 Å². The van der Waals surface area contributed by atoms with E-state index in [1.54, 1.807) is 0 Å². The predicted octanol–water partition coefficient (Wildman–Crippen LogP) is 1.33. The molecule has 2 aliphatic rings.